The van der Waals surface area contributed by atoms with Crippen molar-refractivity contribution >= 4 is 0 Å². The van der Waals surface area contributed by atoms with E-state index in [4.69, 9.17) is 4.74 Å². The lowest BCUT2D eigenvalue weighted by Crippen LogP contribution is -2.60. The molecule has 3 nitrogen and oxygen atoms in total. The highest BCUT2D eigenvalue weighted by atomic mass is 16.5. The van der Waals surface area contributed by atoms with E-state index in [1.807, 2.05) is 0 Å². The summed E-state index contributed by atoms with van der Waals surface area (Å²) in [5, 5.41) is 3.69. The van der Waals surface area contributed by atoms with Crippen molar-refractivity contribution in [1.29, 1.82) is 0 Å². The molecule has 1 saturated heterocycles. The van der Waals surface area contributed by atoms with Crippen molar-refractivity contribution < 1.29 is 4.74 Å². The monoisotopic (exact) mass is 248 g/mol. The van der Waals surface area contributed by atoms with Crippen LogP contribution < -0.4 is 5.32 Å². The fourth-order valence-electron chi connectivity index (χ4n) is 2.63. The third-order valence-electron chi connectivity index (χ3n) is 3.92. The molecule has 18 heavy (non-hydrogen) atoms. The van der Waals surface area contributed by atoms with Gasteiger partial charge < -0.3 is 10.1 Å². The highest BCUT2D eigenvalue weighted by Gasteiger charge is 2.34. The molecule has 100 valence electrons. The number of benzene rings is 1. The number of rotatable bonds is 4. The molecule has 0 spiro atoms. The van der Waals surface area contributed by atoms with Crippen molar-refractivity contribution in [2.45, 2.75) is 25.4 Å². The van der Waals surface area contributed by atoms with Crippen LogP contribution in [0.25, 0.3) is 0 Å². The van der Waals surface area contributed by atoms with Gasteiger partial charge in [-0.1, -0.05) is 30.3 Å². The summed E-state index contributed by atoms with van der Waals surface area (Å²) in [6.45, 7) is 8.41. The van der Waals surface area contributed by atoms with Crippen LogP contribution in [0.3, 0.4) is 0 Å². The zero-order valence-electron chi connectivity index (χ0n) is 11.6. The van der Waals surface area contributed by atoms with Gasteiger partial charge in [0.25, 0.3) is 0 Å². The molecule has 0 bridgehead atoms. The van der Waals surface area contributed by atoms with Crippen LogP contribution in [0, 0.1) is 0 Å². The topological polar surface area (TPSA) is 24.5 Å². The Labute approximate surface area is 110 Å². The third kappa shape index (κ3) is 2.91. The summed E-state index contributed by atoms with van der Waals surface area (Å²) in [5.41, 5.74) is 1.40. The van der Waals surface area contributed by atoms with Gasteiger partial charge in [0.15, 0.2) is 0 Å². The van der Waals surface area contributed by atoms with Gasteiger partial charge >= 0.3 is 0 Å². The van der Waals surface area contributed by atoms with Crippen molar-refractivity contribution in [3.8, 4) is 0 Å². The molecule has 2 atom stereocenters. The van der Waals surface area contributed by atoms with Gasteiger partial charge in [-0.15, -0.1) is 0 Å². The van der Waals surface area contributed by atoms with Gasteiger partial charge in [0.05, 0.1) is 12.1 Å². The lowest BCUT2D eigenvalue weighted by Gasteiger charge is -2.45. The van der Waals surface area contributed by atoms with Gasteiger partial charge in [-0.05, 0) is 19.4 Å². The van der Waals surface area contributed by atoms with Crippen molar-refractivity contribution in [2.24, 2.45) is 0 Å². The molecule has 0 aromatic heterocycles. The van der Waals surface area contributed by atoms with E-state index in [2.05, 4.69) is 54.4 Å². The first kappa shape index (κ1) is 13.5. The van der Waals surface area contributed by atoms with Crippen molar-refractivity contribution in [2.75, 3.05) is 33.4 Å². The second-order valence-corrected chi connectivity index (χ2v) is 5.39. The number of hydrogen-bond donors (Lipinski definition) is 1. The standard InChI is InChI=1S/C15H24N2O/c1-13-11-16-15(2,12-17(13)9-10-18-3)14-7-5-4-6-8-14/h4-8,13,16H,9-12H2,1-3H3. The van der Waals surface area contributed by atoms with Crippen LogP contribution in [-0.4, -0.2) is 44.3 Å². The molecule has 0 radical (unpaired) electrons. The Hall–Kier alpha value is -0.900. The lowest BCUT2D eigenvalue weighted by molar-refractivity contribution is 0.0645. The van der Waals surface area contributed by atoms with Crippen molar-refractivity contribution in [3.63, 3.8) is 0 Å². The predicted molar refractivity (Wildman–Crippen MR) is 74.7 cm³/mol. The summed E-state index contributed by atoms with van der Waals surface area (Å²) < 4.78 is 5.20. The van der Waals surface area contributed by atoms with E-state index in [0.717, 1.165) is 26.2 Å². The number of hydrogen-bond acceptors (Lipinski definition) is 3. The van der Waals surface area contributed by atoms with Gasteiger partial charge in [-0.3, -0.25) is 4.90 Å². The molecule has 1 fully saturated rings. The van der Waals surface area contributed by atoms with Crippen LogP contribution in [0.2, 0.25) is 0 Å². The number of nitrogens with one attached hydrogen (secondary N) is 1. The van der Waals surface area contributed by atoms with E-state index in [1.54, 1.807) is 7.11 Å². The van der Waals surface area contributed by atoms with Crippen molar-refractivity contribution in [1.82, 2.24) is 10.2 Å². The predicted octanol–water partition coefficient (Wildman–Crippen LogP) is 1.84. The molecule has 1 aromatic carbocycles. The molecule has 1 aliphatic rings. The third-order valence-corrected chi connectivity index (χ3v) is 3.92. The Bertz CT molecular complexity index is 368. The number of methoxy groups -OCH3 is 1. The Morgan fingerprint density at radius 2 is 2.11 bits per heavy atom. The first-order valence-corrected chi connectivity index (χ1v) is 6.69. The zero-order chi connectivity index (χ0) is 13.0. The summed E-state index contributed by atoms with van der Waals surface area (Å²) in [5.74, 6) is 0. The summed E-state index contributed by atoms with van der Waals surface area (Å²) >= 11 is 0. The van der Waals surface area contributed by atoms with Crippen molar-refractivity contribution in [3.05, 3.63) is 35.9 Å². The molecule has 1 N–H and O–H groups in total. The van der Waals surface area contributed by atoms with Crippen LogP contribution in [0.5, 0.6) is 0 Å². The van der Waals surface area contributed by atoms with Gasteiger partial charge in [-0.25, -0.2) is 0 Å². The fourth-order valence-corrected chi connectivity index (χ4v) is 2.63. The minimum atomic E-state index is 0.0432. The zero-order valence-corrected chi connectivity index (χ0v) is 11.6. The summed E-state index contributed by atoms with van der Waals surface area (Å²) in [6.07, 6.45) is 0. The van der Waals surface area contributed by atoms with Gasteiger partial charge in [0.2, 0.25) is 0 Å². The van der Waals surface area contributed by atoms with E-state index >= 15 is 0 Å². The number of ether oxygens (including phenoxy) is 1. The number of piperazine rings is 1. The summed E-state index contributed by atoms with van der Waals surface area (Å²) in [7, 11) is 1.77. The Morgan fingerprint density at radius 3 is 2.78 bits per heavy atom. The van der Waals surface area contributed by atoms with E-state index in [9.17, 15) is 0 Å². The first-order chi connectivity index (χ1) is 8.65. The highest BCUT2D eigenvalue weighted by molar-refractivity contribution is 5.25. The summed E-state index contributed by atoms with van der Waals surface area (Å²) in [6, 6.07) is 11.3. The maximum absolute atomic E-state index is 5.20. The van der Waals surface area contributed by atoms with E-state index in [1.165, 1.54) is 5.56 Å². The smallest absolute Gasteiger partial charge is 0.0589 e. The molecular weight excluding hydrogens is 224 g/mol. The van der Waals surface area contributed by atoms with Crippen LogP contribution >= 0.6 is 0 Å². The first-order valence-electron chi connectivity index (χ1n) is 6.69. The Morgan fingerprint density at radius 1 is 1.39 bits per heavy atom. The van der Waals surface area contributed by atoms with Gasteiger partial charge in [0.1, 0.15) is 0 Å². The molecule has 0 saturated carbocycles. The SMILES string of the molecule is COCCN1CC(C)(c2ccccc2)NCC1C. The van der Waals surface area contributed by atoms with Crippen LogP contribution in [-0.2, 0) is 10.3 Å². The normalized spacial score (nSPS) is 29.4. The molecule has 1 aromatic rings. The molecule has 3 heteroatoms. The molecule has 1 aliphatic heterocycles. The molecule has 0 aliphatic carbocycles. The van der Waals surface area contributed by atoms with E-state index < -0.39 is 0 Å². The lowest BCUT2D eigenvalue weighted by atomic mass is 9.88. The maximum atomic E-state index is 5.20. The minimum Gasteiger partial charge on any atom is -0.383 e. The minimum absolute atomic E-state index is 0.0432. The molecule has 0 amide bonds. The average Bonchev–Trinajstić information content (AvgIpc) is 2.41. The Balaban J connectivity index is 2.10. The molecule has 2 rings (SSSR count). The largest absolute Gasteiger partial charge is 0.383 e. The molecular formula is C15H24N2O. The quantitative estimate of drug-likeness (QED) is 0.880. The van der Waals surface area contributed by atoms with E-state index in [0.29, 0.717) is 6.04 Å². The van der Waals surface area contributed by atoms with Crippen LogP contribution in [0.4, 0.5) is 0 Å². The number of nitrogens with zero attached hydrogens (tertiary/aromatic N) is 1. The second-order valence-electron chi connectivity index (χ2n) is 5.39. The fraction of sp³-hybridized carbons (Fsp3) is 0.600. The van der Waals surface area contributed by atoms with Gasteiger partial charge in [-0.2, -0.15) is 0 Å². The van der Waals surface area contributed by atoms with Crippen LogP contribution in [0.1, 0.15) is 19.4 Å². The highest BCUT2D eigenvalue weighted by Crippen LogP contribution is 2.26. The van der Waals surface area contributed by atoms with Gasteiger partial charge in [0, 0.05) is 32.8 Å². The second kappa shape index (κ2) is 5.83. The molecule has 1 heterocycles. The van der Waals surface area contributed by atoms with E-state index in [-0.39, 0.29) is 5.54 Å². The summed E-state index contributed by atoms with van der Waals surface area (Å²) in [4.78, 5) is 2.51. The molecule has 2 unspecified atom stereocenters. The average molecular weight is 248 g/mol. The van der Waals surface area contributed by atoms with Crippen LogP contribution in [0.15, 0.2) is 30.3 Å². The maximum Gasteiger partial charge on any atom is 0.0589 e. The Kier molecular flexibility index (Phi) is 4.38.